The van der Waals surface area contributed by atoms with Crippen LogP contribution in [0.15, 0.2) is 18.2 Å². The van der Waals surface area contributed by atoms with Crippen LogP contribution in [0.1, 0.15) is 35.2 Å². The van der Waals surface area contributed by atoms with Crippen molar-refractivity contribution < 1.29 is 23.1 Å². The van der Waals surface area contributed by atoms with Crippen LogP contribution < -0.4 is 4.90 Å². The van der Waals surface area contributed by atoms with Crippen molar-refractivity contribution in [1.82, 2.24) is 0 Å². The van der Waals surface area contributed by atoms with Crippen molar-refractivity contribution in [2.75, 3.05) is 11.9 Å². The average molecular weight is 273 g/mol. The number of nitrogens with zero attached hydrogens (tertiary/aromatic N) is 1. The third kappa shape index (κ3) is 2.67. The Morgan fingerprint density at radius 1 is 1.37 bits per heavy atom. The molecule has 104 valence electrons. The van der Waals surface area contributed by atoms with Crippen molar-refractivity contribution in [3.63, 3.8) is 0 Å². The van der Waals surface area contributed by atoms with E-state index in [0.29, 0.717) is 6.07 Å². The van der Waals surface area contributed by atoms with Crippen LogP contribution in [-0.4, -0.2) is 24.2 Å². The molecule has 19 heavy (non-hydrogen) atoms. The number of aromatic carboxylic acids is 1. The quantitative estimate of drug-likeness (QED) is 0.917. The van der Waals surface area contributed by atoms with Crippen LogP contribution in [0.4, 0.5) is 18.9 Å². The van der Waals surface area contributed by atoms with Gasteiger partial charge in [-0.3, -0.25) is 0 Å². The van der Waals surface area contributed by atoms with E-state index in [1.54, 1.807) is 11.9 Å². The van der Waals surface area contributed by atoms with Crippen LogP contribution in [0, 0.1) is 0 Å². The topological polar surface area (TPSA) is 40.5 Å². The molecule has 0 unspecified atom stereocenters. The van der Waals surface area contributed by atoms with Gasteiger partial charge in [0.1, 0.15) is 0 Å². The van der Waals surface area contributed by atoms with E-state index in [9.17, 15) is 18.0 Å². The number of anilines is 1. The first kappa shape index (κ1) is 13.7. The standard InChI is InChI=1S/C13H14F3NO2/c1-17(9-3-2-4-9)11-6-5-8(12(18)19)7-10(11)13(14,15)16/h5-7,9H,2-4H2,1H3,(H,18,19). The molecule has 6 heteroatoms. The van der Waals surface area contributed by atoms with Crippen LogP contribution in [-0.2, 0) is 6.18 Å². The number of alkyl halides is 3. The number of halogens is 3. The molecule has 0 spiro atoms. The highest BCUT2D eigenvalue weighted by atomic mass is 19.4. The zero-order valence-electron chi connectivity index (χ0n) is 10.4. The van der Waals surface area contributed by atoms with E-state index in [0.717, 1.165) is 19.3 Å². The Bertz CT molecular complexity index is 495. The molecule has 2 rings (SSSR count). The van der Waals surface area contributed by atoms with Crippen LogP contribution in [0.5, 0.6) is 0 Å². The van der Waals surface area contributed by atoms with Gasteiger partial charge in [-0.1, -0.05) is 0 Å². The van der Waals surface area contributed by atoms with Crippen molar-refractivity contribution in [3.05, 3.63) is 29.3 Å². The molecule has 0 saturated heterocycles. The SMILES string of the molecule is CN(c1ccc(C(=O)O)cc1C(F)(F)F)C1CCC1. The maximum absolute atomic E-state index is 13.0. The second-order valence-corrected chi connectivity index (χ2v) is 4.73. The van der Waals surface area contributed by atoms with Crippen molar-refractivity contribution in [2.24, 2.45) is 0 Å². The second-order valence-electron chi connectivity index (χ2n) is 4.73. The minimum absolute atomic E-state index is 0.0437. The molecule has 1 aromatic rings. The molecular weight excluding hydrogens is 259 g/mol. The van der Waals surface area contributed by atoms with E-state index < -0.39 is 17.7 Å². The first-order valence-corrected chi connectivity index (χ1v) is 5.98. The lowest BCUT2D eigenvalue weighted by Crippen LogP contribution is -2.38. The molecule has 1 aliphatic rings. The predicted octanol–water partition coefficient (Wildman–Crippen LogP) is 3.39. The third-order valence-corrected chi connectivity index (χ3v) is 3.55. The molecule has 0 aromatic heterocycles. The Kier molecular flexibility index (Phi) is 3.43. The zero-order valence-corrected chi connectivity index (χ0v) is 10.4. The van der Waals surface area contributed by atoms with Gasteiger partial charge in [0.05, 0.1) is 11.1 Å². The zero-order chi connectivity index (χ0) is 14.2. The van der Waals surface area contributed by atoms with Crippen LogP contribution in [0.2, 0.25) is 0 Å². The van der Waals surface area contributed by atoms with Gasteiger partial charge in [0, 0.05) is 18.8 Å². The molecule has 3 nitrogen and oxygen atoms in total. The number of hydrogen-bond acceptors (Lipinski definition) is 2. The van der Waals surface area contributed by atoms with Gasteiger partial charge in [0.15, 0.2) is 0 Å². The van der Waals surface area contributed by atoms with Gasteiger partial charge in [-0.05, 0) is 37.5 Å². The minimum Gasteiger partial charge on any atom is -0.478 e. The first-order chi connectivity index (χ1) is 8.80. The molecule has 0 aliphatic heterocycles. The molecule has 0 heterocycles. The Hall–Kier alpha value is -1.72. The molecule has 1 aromatic carbocycles. The molecule has 1 aliphatic carbocycles. The molecule has 0 amide bonds. The Morgan fingerprint density at radius 3 is 2.42 bits per heavy atom. The lowest BCUT2D eigenvalue weighted by atomic mass is 9.91. The number of rotatable bonds is 3. The fourth-order valence-corrected chi connectivity index (χ4v) is 2.17. The Morgan fingerprint density at radius 2 is 2.00 bits per heavy atom. The summed E-state index contributed by atoms with van der Waals surface area (Å²) in [4.78, 5) is 12.4. The summed E-state index contributed by atoms with van der Waals surface area (Å²) in [6, 6.07) is 3.26. The largest absolute Gasteiger partial charge is 0.478 e. The second kappa shape index (κ2) is 4.75. The van der Waals surface area contributed by atoms with Crippen molar-refractivity contribution in [3.8, 4) is 0 Å². The molecule has 1 fully saturated rings. The summed E-state index contributed by atoms with van der Waals surface area (Å²) >= 11 is 0. The first-order valence-electron chi connectivity index (χ1n) is 5.98. The van der Waals surface area contributed by atoms with E-state index in [2.05, 4.69) is 0 Å². The van der Waals surface area contributed by atoms with Crippen LogP contribution in [0.25, 0.3) is 0 Å². The van der Waals surface area contributed by atoms with Gasteiger partial charge < -0.3 is 10.0 Å². The maximum atomic E-state index is 13.0. The molecule has 0 radical (unpaired) electrons. The lowest BCUT2D eigenvalue weighted by molar-refractivity contribution is -0.137. The number of hydrogen-bond donors (Lipinski definition) is 1. The van der Waals surface area contributed by atoms with Gasteiger partial charge in [0.2, 0.25) is 0 Å². The smallest absolute Gasteiger partial charge is 0.418 e. The molecule has 0 atom stereocenters. The van der Waals surface area contributed by atoms with E-state index in [1.165, 1.54) is 12.1 Å². The highest BCUT2D eigenvalue weighted by molar-refractivity contribution is 5.88. The number of carboxylic acids is 1. The van der Waals surface area contributed by atoms with E-state index in [1.807, 2.05) is 0 Å². The number of carbonyl (C=O) groups is 1. The summed E-state index contributed by atoms with van der Waals surface area (Å²) in [5.41, 5.74) is -1.19. The van der Waals surface area contributed by atoms with Crippen molar-refractivity contribution in [2.45, 2.75) is 31.5 Å². The summed E-state index contributed by atoms with van der Waals surface area (Å²) in [5.74, 6) is -1.36. The maximum Gasteiger partial charge on any atom is 0.418 e. The van der Waals surface area contributed by atoms with Gasteiger partial charge in [0.25, 0.3) is 0 Å². The normalized spacial score (nSPS) is 16.0. The van der Waals surface area contributed by atoms with Crippen molar-refractivity contribution >= 4 is 11.7 Å². The lowest BCUT2D eigenvalue weighted by Gasteiger charge is -2.37. The number of benzene rings is 1. The van der Waals surface area contributed by atoms with E-state index in [-0.39, 0.29) is 17.3 Å². The summed E-state index contributed by atoms with van der Waals surface area (Å²) < 4.78 is 39.1. The van der Waals surface area contributed by atoms with E-state index >= 15 is 0 Å². The van der Waals surface area contributed by atoms with Crippen LogP contribution in [0.3, 0.4) is 0 Å². The molecular formula is C13H14F3NO2. The average Bonchev–Trinajstić information content (AvgIpc) is 2.24. The highest BCUT2D eigenvalue weighted by Crippen LogP contribution is 2.39. The van der Waals surface area contributed by atoms with Crippen LogP contribution >= 0.6 is 0 Å². The van der Waals surface area contributed by atoms with Gasteiger partial charge >= 0.3 is 12.1 Å². The molecule has 1 saturated carbocycles. The Labute approximate surface area is 108 Å². The fourth-order valence-electron chi connectivity index (χ4n) is 2.17. The molecule has 1 N–H and O–H groups in total. The third-order valence-electron chi connectivity index (χ3n) is 3.55. The van der Waals surface area contributed by atoms with Crippen molar-refractivity contribution in [1.29, 1.82) is 0 Å². The Balaban J connectivity index is 2.44. The van der Waals surface area contributed by atoms with Gasteiger partial charge in [-0.15, -0.1) is 0 Å². The highest BCUT2D eigenvalue weighted by Gasteiger charge is 2.36. The summed E-state index contributed by atoms with van der Waals surface area (Å²) in [6.45, 7) is 0. The van der Waals surface area contributed by atoms with Gasteiger partial charge in [-0.2, -0.15) is 13.2 Å². The van der Waals surface area contributed by atoms with E-state index in [4.69, 9.17) is 5.11 Å². The molecule has 0 bridgehead atoms. The number of carboxylic acid groups (broad SMARTS) is 1. The van der Waals surface area contributed by atoms with Gasteiger partial charge in [-0.25, -0.2) is 4.79 Å². The predicted molar refractivity (Wildman–Crippen MR) is 64.4 cm³/mol. The minimum atomic E-state index is -4.56. The fraction of sp³-hybridized carbons (Fsp3) is 0.462. The summed E-state index contributed by atoms with van der Waals surface area (Å²) in [7, 11) is 1.62. The summed E-state index contributed by atoms with van der Waals surface area (Å²) in [6.07, 6.45) is -1.80. The monoisotopic (exact) mass is 273 g/mol. The summed E-state index contributed by atoms with van der Waals surface area (Å²) in [5, 5.41) is 8.79.